The van der Waals surface area contributed by atoms with Gasteiger partial charge in [0.05, 0.1) is 6.20 Å². The van der Waals surface area contributed by atoms with Crippen molar-refractivity contribution < 1.29 is 8.42 Å². The van der Waals surface area contributed by atoms with E-state index in [9.17, 15) is 8.42 Å². The zero-order chi connectivity index (χ0) is 11.5. The van der Waals surface area contributed by atoms with Crippen LogP contribution in [-0.2, 0) is 10.0 Å². The Hall–Kier alpha value is -0.170. The summed E-state index contributed by atoms with van der Waals surface area (Å²) < 4.78 is 25.6. The molecular formula is C8H13ClN2O2S2. The highest BCUT2D eigenvalue weighted by Gasteiger charge is 2.22. The number of hydrogen-bond donors (Lipinski definition) is 0. The van der Waals surface area contributed by atoms with Crippen LogP contribution in [-0.4, -0.2) is 31.3 Å². The van der Waals surface area contributed by atoms with Crippen molar-refractivity contribution in [3.8, 4) is 0 Å². The molecule has 0 aliphatic heterocycles. The highest BCUT2D eigenvalue weighted by molar-refractivity contribution is 7.91. The third-order valence-electron chi connectivity index (χ3n) is 1.95. The highest BCUT2D eigenvalue weighted by Crippen LogP contribution is 2.24. The minimum absolute atomic E-state index is 0.200. The maximum atomic E-state index is 11.9. The van der Waals surface area contributed by atoms with Crippen LogP contribution in [0.3, 0.4) is 0 Å². The van der Waals surface area contributed by atoms with Gasteiger partial charge in [-0.15, -0.1) is 0 Å². The summed E-state index contributed by atoms with van der Waals surface area (Å²) in [4.78, 5) is 3.72. The van der Waals surface area contributed by atoms with Gasteiger partial charge in [0.15, 0.2) is 8.68 Å². The van der Waals surface area contributed by atoms with Crippen molar-refractivity contribution in [2.24, 2.45) is 0 Å². The molecule has 0 atom stereocenters. The minimum atomic E-state index is -3.39. The number of sulfonamides is 1. The Kier molecular flexibility index (Phi) is 4.51. The SMILES string of the molecule is CCCCN(C)S(=O)(=O)c1cnc(Cl)s1. The van der Waals surface area contributed by atoms with Crippen LogP contribution in [0.2, 0.25) is 4.47 Å². The van der Waals surface area contributed by atoms with Crippen molar-refractivity contribution >= 4 is 33.0 Å². The summed E-state index contributed by atoms with van der Waals surface area (Å²) in [5, 5.41) is 0. The lowest BCUT2D eigenvalue weighted by Gasteiger charge is -2.14. The van der Waals surface area contributed by atoms with Crippen LogP contribution in [0.5, 0.6) is 0 Å². The molecule has 0 radical (unpaired) electrons. The van der Waals surface area contributed by atoms with Gasteiger partial charge in [0.1, 0.15) is 0 Å². The first-order valence-corrected chi connectivity index (χ1v) is 7.19. The lowest BCUT2D eigenvalue weighted by Crippen LogP contribution is -2.27. The molecule has 0 aliphatic carbocycles. The van der Waals surface area contributed by atoms with Crippen LogP contribution in [0.25, 0.3) is 0 Å². The molecule has 7 heteroatoms. The van der Waals surface area contributed by atoms with E-state index in [2.05, 4.69) is 4.98 Å². The van der Waals surface area contributed by atoms with E-state index in [4.69, 9.17) is 11.6 Å². The molecule has 15 heavy (non-hydrogen) atoms. The Bertz CT molecular complexity index is 416. The van der Waals surface area contributed by atoms with Gasteiger partial charge in [0.25, 0.3) is 10.0 Å². The summed E-state index contributed by atoms with van der Waals surface area (Å²) in [6.45, 7) is 2.54. The van der Waals surface area contributed by atoms with Crippen molar-refractivity contribution in [2.45, 2.75) is 24.0 Å². The van der Waals surface area contributed by atoms with Gasteiger partial charge in [-0.05, 0) is 6.42 Å². The summed E-state index contributed by atoms with van der Waals surface area (Å²) in [7, 11) is -1.82. The lowest BCUT2D eigenvalue weighted by molar-refractivity contribution is 0.461. The number of aromatic nitrogens is 1. The minimum Gasteiger partial charge on any atom is -0.232 e. The van der Waals surface area contributed by atoms with E-state index in [0.717, 1.165) is 24.2 Å². The molecule has 0 bridgehead atoms. The average molecular weight is 269 g/mol. The number of thiazole rings is 1. The lowest BCUT2D eigenvalue weighted by atomic mass is 10.3. The van der Waals surface area contributed by atoms with Gasteiger partial charge in [-0.2, -0.15) is 0 Å². The molecule has 0 amide bonds. The number of nitrogens with zero attached hydrogens (tertiary/aromatic N) is 2. The number of halogens is 1. The molecule has 1 rings (SSSR count). The summed E-state index contributed by atoms with van der Waals surface area (Å²) in [6.07, 6.45) is 3.11. The van der Waals surface area contributed by atoms with Crippen LogP contribution >= 0.6 is 22.9 Å². The molecule has 0 aliphatic rings. The van der Waals surface area contributed by atoms with Crippen LogP contribution in [0, 0.1) is 0 Å². The molecule has 4 nitrogen and oxygen atoms in total. The number of rotatable bonds is 5. The van der Waals surface area contributed by atoms with E-state index in [1.165, 1.54) is 10.5 Å². The van der Waals surface area contributed by atoms with Crippen molar-refractivity contribution in [3.63, 3.8) is 0 Å². The molecule has 1 aromatic heterocycles. The first kappa shape index (κ1) is 12.9. The van der Waals surface area contributed by atoms with E-state index in [1.807, 2.05) is 6.92 Å². The van der Waals surface area contributed by atoms with Gasteiger partial charge >= 0.3 is 0 Å². The zero-order valence-electron chi connectivity index (χ0n) is 8.60. The summed E-state index contributed by atoms with van der Waals surface area (Å²) in [6, 6.07) is 0. The summed E-state index contributed by atoms with van der Waals surface area (Å²) in [5.74, 6) is 0. The number of hydrogen-bond acceptors (Lipinski definition) is 4. The average Bonchev–Trinajstić information content (AvgIpc) is 2.61. The fourth-order valence-electron chi connectivity index (χ4n) is 1.01. The van der Waals surface area contributed by atoms with Crippen molar-refractivity contribution in [1.82, 2.24) is 9.29 Å². The van der Waals surface area contributed by atoms with Crippen LogP contribution in [0.15, 0.2) is 10.4 Å². The molecule has 1 aromatic rings. The van der Waals surface area contributed by atoms with Crippen LogP contribution in [0.1, 0.15) is 19.8 Å². The predicted octanol–water partition coefficient (Wildman–Crippen LogP) is 2.22. The molecule has 1 heterocycles. The Labute approximate surface area is 98.9 Å². The van der Waals surface area contributed by atoms with E-state index in [1.54, 1.807) is 7.05 Å². The first-order chi connectivity index (χ1) is 6.98. The van der Waals surface area contributed by atoms with Crippen molar-refractivity contribution in [3.05, 3.63) is 10.7 Å². The molecule has 0 saturated carbocycles. The molecule has 0 fully saturated rings. The van der Waals surface area contributed by atoms with E-state index in [0.29, 0.717) is 6.54 Å². The van der Waals surface area contributed by atoms with Gasteiger partial charge in [0.2, 0.25) is 0 Å². The molecule has 0 N–H and O–H groups in total. The normalized spacial score (nSPS) is 12.3. The molecule has 0 saturated heterocycles. The Morgan fingerprint density at radius 3 is 2.73 bits per heavy atom. The van der Waals surface area contributed by atoms with Gasteiger partial charge in [-0.1, -0.05) is 36.3 Å². The van der Waals surface area contributed by atoms with Crippen molar-refractivity contribution in [2.75, 3.05) is 13.6 Å². The molecule has 86 valence electrons. The van der Waals surface area contributed by atoms with Crippen LogP contribution < -0.4 is 0 Å². The fraction of sp³-hybridized carbons (Fsp3) is 0.625. The maximum Gasteiger partial charge on any atom is 0.253 e. The first-order valence-electron chi connectivity index (χ1n) is 4.56. The van der Waals surface area contributed by atoms with E-state index in [-0.39, 0.29) is 8.68 Å². The zero-order valence-corrected chi connectivity index (χ0v) is 11.0. The monoisotopic (exact) mass is 268 g/mol. The van der Waals surface area contributed by atoms with Gasteiger partial charge in [-0.3, -0.25) is 0 Å². The second-order valence-electron chi connectivity index (χ2n) is 3.11. The van der Waals surface area contributed by atoms with Gasteiger partial charge in [-0.25, -0.2) is 17.7 Å². The predicted molar refractivity (Wildman–Crippen MR) is 61.8 cm³/mol. The molecular weight excluding hydrogens is 256 g/mol. The largest absolute Gasteiger partial charge is 0.253 e. The van der Waals surface area contributed by atoms with E-state index >= 15 is 0 Å². The second kappa shape index (κ2) is 5.25. The maximum absolute atomic E-state index is 11.9. The Morgan fingerprint density at radius 2 is 2.27 bits per heavy atom. The quantitative estimate of drug-likeness (QED) is 0.823. The van der Waals surface area contributed by atoms with E-state index < -0.39 is 10.0 Å². The van der Waals surface area contributed by atoms with Crippen molar-refractivity contribution in [1.29, 1.82) is 0 Å². The topological polar surface area (TPSA) is 50.3 Å². The third kappa shape index (κ3) is 3.14. The smallest absolute Gasteiger partial charge is 0.232 e. The van der Waals surface area contributed by atoms with Crippen LogP contribution in [0.4, 0.5) is 0 Å². The third-order valence-corrected chi connectivity index (χ3v) is 5.36. The Balaban J connectivity index is 2.83. The summed E-state index contributed by atoms with van der Waals surface area (Å²) in [5.41, 5.74) is 0. The molecule has 0 unspecified atom stereocenters. The number of unbranched alkanes of at least 4 members (excludes halogenated alkanes) is 1. The van der Waals surface area contributed by atoms with Gasteiger partial charge < -0.3 is 0 Å². The molecule has 0 aromatic carbocycles. The van der Waals surface area contributed by atoms with Gasteiger partial charge in [0, 0.05) is 13.6 Å². The Morgan fingerprint density at radius 1 is 1.60 bits per heavy atom. The summed E-state index contributed by atoms with van der Waals surface area (Å²) >= 11 is 6.58. The standard InChI is InChI=1S/C8H13ClN2O2S2/c1-3-4-5-11(2)15(12,13)7-6-10-8(9)14-7/h6H,3-5H2,1-2H3. The highest BCUT2D eigenvalue weighted by atomic mass is 35.5. The second-order valence-corrected chi connectivity index (χ2v) is 7.00. The molecule has 0 spiro atoms. The fourth-order valence-corrected chi connectivity index (χ4v) is 3.73.